The zero-order chi connectivity index (χ0) is 15.5. The van der Waals surface area contributed by atoms with Gasteiger partial charge in [0, 0.05) is 11.6 Å². The summed E-state index contributed by atoms with van der Waals surface area (Å²) in [5.74, 6) is 1.14. The van der Waals surface area contributed by atoms with Crippen molar-refractivity contribution in [1.82, 2.24) is 5.32 Å². The van der Waals surface area contributed by atoms with E-state index in [4.69, 9.17) is 32.7 Å². The van der Waals surface area contributed by atoms with Gasteiger partial charge in [0.15, 0.2) is 11.5 Å². The number of carbonyl (C=O) groups excluding carboxylic acids is 1. The first-order valence-corrected chi connectivity index (χ1v) is 7.51. The topological polar surface area (TPSA) is 47.6 Å². The van der Waals surface area contributed by atoms with E-state index >= 15 is 0 Å². The molecule has 22 heavy (non-hydrogen) atoms. The van der Waals surface area contributed by atoms with E-state index in [2.05, 4.69) is 5.32 Å². The van der Waals surface area contributed by atoms with E-state index in [-0.39, 0.29) is 12.7 Å². The van der Waals surface area contributed by atoms with Crippen molar-refractivity contribution in [3.05, 3.63) is 58.6 Å². The third kappa shape index (κ3) is 3.29. The lowest BCUT2D eigenvalue weighted by atomic mass is 10.1. The van der Waals surface area contributed by atoms with E-state index in [1.165, 1.54) is 0 Å². The number of benzene rings is 2. The summed E-state index contributed by atoms with van der Waals surface area (Å²) in [6.07, 6.45) is 0. The van der Waals surface area contributed by atoms with Crippen LogP contribution in [0.2, 0.25) is 5.02 Å². The molecule has 1 unspecified atom stereocenters. The fraction of sp³-hybridized carbons (Fsp3) is 0.188. The fourth-order valence-electron chi connectivity index (χ4n) is 2.11. The van der Waals surface area contributed by atoms with Crippen molar-refractivity contribution in [2.75, 3.05) is 6.79 Å². The van der Waals surface area contributed by atoms with Crippen LogP contribution in [0, 0.1) is 0 Å². The molecule has 1 atom stereocenters. The van der Waals surface area contributed by atoms with Crippen molar-refractivity contribution < 1.29 is 14.3 Å². The molecule has 1 aliphatic heterocycles. The van der Waals surface area contributed by atoms with E-state index in [0.29, 0.717) is 28.6 Å². The number of halogens is 2. The number of ether oxygens (including phenoxy) is 2. The normalized spacial score (nSPS) is 13.7. The highest BCUT2D eigenvalue weighted by molar-refractivity contribution is 6.31. The van der Waals surface area contributed by atoms with Crippen molar-refractivity contribution in [2.24, 2.45) is 0 Å². The van der Waals surface area contributed by atoms with Gasteiger partial charge in [0.2, 0.25) is 12.7 Å². The standard InChI is InChI=1S/C16H13Cl2NO3/c17-12-4-2-11(3-5-12)15(18)16(20)19-8-10-1-6-13-14(7-10)22-9-21-13/h1-7,15H,8-9H2,(H,19,20). The van der Waals surface area contributed by atoms with Gasteiger partial charge in [-0.3, -0.25) is 4.79 Å². The summed E-state index contributed by atoms with van der Waals surface area (Å²) >= 11 is 12.0. The van der Waals surface area contributed by atoms with Gasteiger partial charge in [-0.1, -0.05) is 29.8 Å². The van der Waals surface area contributed by atoms with Crippen molar-refractivity contribution >= 4 is 29.1 Å². The smallest absolute Gasteiger partial charge is 0.242 e. The van der Waals surface area contributed by atoms with Gasteiger partial charge < -0.3 is 14.8 Å². The molecule has 3 rings (SSSR count). The Morgan fingerprint density at radius 3 is 2.64 bits per heavy atom. The molecule has 1 heterocycles. The van der Waals surface area contributed by atoms with Crippen LogP contribution in [0.4, 0.5) is 0 Å². The lowest BCUT2D eigenvalue weighted by Crippen LogP contribution is -2.26. The van der Waals surface area contributed by atoms with E-state index in [1.807, 2.05) is 18.2 Å². The van der Waals surface area contributed by atoms with E-state index < -0.39 is 5.38 Å². The first-order valence-electron chi connectivity index (χ1n) is 6.69. The molecular weight excluding hydrogens is 325 g/mol. The number of rotatable bonds is 4. The maximum absolute atomic E-state index is 12.1. The van der Waals surface area contributed by atoms with Gasteiger partial charge in [-0.2, -0.15) is 0 Å². The molecule has 0 fully saturated rings. The van der Waals surface area contributed by atoms with Gasteiger partial charge in [0.05, 0.1) is 0 Å². The Bertz CT molecular complexity index is 688. The number of hydrogen-bond donors (Lipinski definition) is 1. The minimum absolute atomic E-state index is 0.228. The molecule has 0 aliphatic carbocycles. The number of fused-ring (bicyclic) bond motifs is 1. The number of nitrogens with one attached hydrogen (secondary N) is 1. The SMILES string of the molecule is O=C(NCc1ccc2c(c1)OCO2)C(Cl)c1ccc(Cl)cc1. The summed E-state index contributed by atoms with van der Waals surface area (Å²) < 4.78 is 10.5. The van der Waals surface area contributed by atoms with Gasteiger partial charge in [-0.05, 0) is 35.4 Å². The van der Waals surface area contributed by atoms with Crippen LogP contribution in [-0.4, -0.2) is 12.7 Å². The van der Waals surface area contributed by atoms with Gasteiger partial charge in [0.1, 0.15) is 5.38 Å². The number of carbonyl (C=O) groups is 1. The molecule has 0 saturated carbocycles. The Balaban J connectivity index is 1.61. The highest BCUT2D eigenvalue weighted by Crippen LogP contribution is 2.32. The second-order valence-corrected chi connectivity index (χ2v) is 5.69. The molecule has 0 aromatic heterocycles. The van der Waals surface area contributed by atoms with Crippen LogP contribution in [0.1, 0.15) is 16.5 Å². The monoisotopic (exact) mass is 337 g/mol. The van der Waals surface area contributed by atoms with Crippen molar-refractivity contribution in [3.63, 3.8) is 0 Å². The van der Waals surface area contributed by atoms with Crippen LogP contribution in [0.5, 0.6) is 11.5 Å². The summed E-state index contributed by atoms with van der Waals surface area (Å²) in [7, 11) is 0. The maximum atomic E-state index is 12.1. The Morgan fingerprint density at radius 2 is 1.86 bits per heavy atom. The number of alkyl halides is 1. The number of amides is 1. The lowest BCUT2D eigenvalue weighted by Gasteiger charge is -2.11. The Hall–Kier alpha value is -1.91. The molecule has 0 bridgehead atoms. The summed E-state index contributed by atoms with van der Waals surface area (Å²) in [6, 6.07) is 12.4. The van der Waals surface area contributed by atoms with Crippen LogP contribution in [0.3, 0.4) is 0 Å². The molecule has 1 amide bonds. The summed E-state index contributed by atoms with van der Waals surface area (Å²) in [4.78, 5) is 12.1. The zero-order valence-electron chi connectivity index (χ0n) is 11.5. The molecular formula is C16H13Cl2NO3. The van der Waals surface area contributed by atoms with Gasteiger partial charge in [0.25, 0.3) is 0 Å². The molecule has 0 saturated heterocycles. The fourth-order valence-corrected chi connectivity index (χ4v) is 2.46. The maximum Gasteiger partial charge on any atom is 0.242 e. The molecule has 114 valence electrons. The third-order valence-electron chi connectivity index (χ3n) is 3.30. The molecule has 0 spiro atoms. The quantitative estimate of drug-likeness (QED) is 0.866. The summed E-state index contributed by atoms with van der Waals surface area (Å²) in [5.41, 5.74) is 1.62. The molecule has 4 nitrogen and oxygen atoms in total. The van der Waals surface area contributed by atoms with Crippen molar-refractivity contribution in [3.8, 4) is 11.5 Å². The predicted octanol–water partition coefficient (Wildman–Crippen LogP) is 3.67. The minimum Gasteiger partial charge on any atom is -0.454 e. The van der Waals surface area contributed by atoms with Crippen LogP contribution in [0.25, 0.3) is 0 Å². The van der Waals surface area contributed by atoms with Gasteiger partial charge in [-0.15, -0.1) is 11.6 Å². The van der Waals surface area contributed by atoms with E-state index in [0.717, 1.165) is 5.56 Å². The molecule has 2 aromatic carbocycles. The van der Waals surface area contributed by atoms with Crippen LogP contribution >= 0.6 is 23.2 Å². The average molecular weight is 338 g/mol. The molecule has 2 aromatic rings. The predicted molar refractivity (Wildman–Crippen MR) is 84.5 cm³/mol. The van der Waals surface area contributed by atoms with Gasteiger partial charge >= 0.3 is 0 Å². The Kier molecular flexibility index (Phi) is 4.41. The van der Waals surface area contributed by atoms with Gasteiger partial charge in [-0.25, -0.2) is 0 Å². The number of hydrogen-bond acceptors (Lipinski definition) is 3. The molecule has 6 heteroatoms. The average Bonchev–Trinajstić information content (AvgIpc) is 3.00. The van der Waals surface area contributed by atoms with E-state index in [9.17, 15) is 4.79 Å². The minimum atomic E-state index is -0.758. The zero-order valence-corrected chi connectivity index (χ0v) is 13.0. The van der Waals surface area contributed by atoms with Crippen molar-refractivity contribution in [1.29, 1.82) is 0 Å². The third-order valence-corrected chi connectivity index (χ3v) is 4.00. The molecule has 1 aliphatic rings. The highest BCUT2D eigenvalue weighted by Gasteiger charge is 2.18. The molecule has 0 radical (unpaired) electrons. The molecule has 1 N–H and O–H groups in total. The van der Waals surface area contributed by atoms with Crippen LogP contribution < -0.4 is 14.8 Å². The van der Waals surface area contributed by atoms with Crippen molar-refractivity contribution in [2.45, 2.75) is 11.9 Å². The Morgan fingerprint density at radius 1 is 1.14 bits per heavy atom. The first kappa shape index (κ1) is 15.0. The van der Waals surface area contributed by atoms with Crippen LogP contribution in [-0.2, 0) is 11.3 Å². The second-order valence-electron chi connectivity index (χ2n) is 4.82. The van der Waals surface area contributed by atoms with Crippen LogP contribution in [0.15, 0.2) is 42.5 Å². The summed E-state index contributed by atoms with van der Waals surface area (Å²) in [6.45, 7) is 0.595. The first-order chi connectivity index (χ1) is 10.6. The summed E-state index contributed by atoms with van der Waals surface area (Å²) in [5, 5.41) is 2.65. The highest BCUT2D eigenvalue weighted by atomic mass is 35.5. The largest absolute Gasteiger partial charge is 0.454 e. The second kappa shape index (κ2) is 6.46. The van der Waals surface area contributed by atoms with E-state index in [1.54, 1.807) is 24.3 Å². The lowest BCUT2D eigenvalue weighted by molar-refractivity contribution is -0.121. The Labute approximate surface area is 137 Å².